The smallest absolute Gasteiger partial charge is 0.326 e. The van der Waals surface area contributed by atoms with Gasteiger partial charge in [0.25, 0.3) is 0 Å². The zero-order chi connectivity index (χ0) is 7.84. The van der Waals surface area contributed by atoms with E-state index in [2.05, 4.69) is 10.2 Å². The lowest BCUT2D eigenvalue weighted by atomic mass is 10.1. The number of aromatic nitrogens is 3. The van der Waals surface area contributed by atoms with Crippen LogP contribution >= 0.6 is 0 Å². The normalized spacial score (nSPS) is 23.2. The van der Waals surface area contributed by atoms with E-state index >= 15 is 0 Å². The van der Waals surface area contributed by atoms with Gasteiger partial charge in [0, 0.05) is 19.0 Å². The Kier molecular flexibility index (Phi) is 1.32. The molecule has 1 unspecified atom stereocenters. The fourth-order valence-corrected chi connectivity index (χ4v) is 1.37. The molecule has 1 atom stereocenters. The van der Waals surface area contributed by atoms with Crippen LogP contribution in [0.5, 0.6) is 0 Å². The summed E-state index contributed by atoms with van der Waals surface area (Å²) in [4.78, 5) is 11.0. The quantitative estimate of drug-likeness (QED) is 0.495. The summed E-state index contributed by atoms with van der Waals surface area (Å²) in [7, 11) is 0. The summed E-state index contributed by atoms with van der Waals surface area (Å²) in [5.74, 6) is 0.830. The Morgan fingerprint density at radius 3 is 3.36 bits per heavy atom. The molecule has 0 fully saturated rings. The van der Waals surface area contributed by atoms with Crippen molar-refractivity contribution in [3.8, 4) is 0 Å². The molecule has 0 aromatic carbocycles. The molecular formula is C6H10N4O. The van der Waals surface area contributed by atoms with Gasteiger partial charge in [-0.3, -0.25) is 4.57 Å². The van der Waals surface area contributed by atoms with E-state index in [0.29, 0.717) is 6.54 Å². The van der Waals surface area contributed by atoms with Crippen molar-refractivity contribution in [3.63, 3.8) is 0 Å². The van der Waals surface area contributed by atoms with Gasteiger partial charge in [0.15, 0.2) is 0 Å². The first-order valence-electron chi connectivity index (χ1n) is 3.67. The van der Waals surface area contributed by atoms with Crippen LogP contribution in [0.25, 0.3) is 0 Å². The summed E-state index contributed by atoms with van der Waals surface area (Å²) < 4.78 is 1.61. The van der Waals surface area contributed by atoms with Gasteiger partial charge in [-0.1, -0.05) is 0 Å². The van der Waals surface area contributed by atoms with Crippen molar-refractivity contribution < 1.29 is 0 Å². The number of rotatable bonds is 0. The maximum Gasteiger partial charge on any atom is 0.343 e. The van der Waals surface area contributed by atoms with Crippen LogP contribution in [0, 0.1) is 0 Å². The van der Waals surface area contributed by atoms with Gasteiger partial charge in [0.1, 0.15) is 5.82 Å². The molecule has 0 amide bonds. The highest BCUT2D eigenvalue weighted by Gasteiger charge is 2.17. The molecule has 1 aliphatic heterocycles. The van der Waals surface area contributed by atoms with E-state index in [1.54, 1.807) is 4.57 Å². The second kappa shape index (κ2) is 2.20. The topological polar surface area (TPSA) is 76.7 Å². The minimum atomic E-state index is -0.143. The van der Waals surface area contributed by atoms with Gasteiger partial charge in [0.05, 0.1) is 0 Å². The monoisotopic (exact) mass is 154 g/mol. The van der Waals surface area contributed by atoms with Crippen molar-refractivity contribution in [2.24, 2.45) is 5.73 Å². The first kappa shape index (κ1) is 6.60. The number of nitrogens with two attached hydrogens (primary N) is 1. The van der Waals surface area contributed by atoms with Crippen LogP contribution in [-0.4, -0.2) is 20.8 Å². The molecule has 2 heterocycles. The Bertz CT molecular complexity index is 313. The summed E-state index contributed by atoms with van der Waals surface area (Å²) in [5.41, 5.74) is 5.53. The molecule has 3 N–H and O–H groups in total. The van der Waals surface area contributed by atoms with Crippen molar-refractivity contribution in [2.45, 2.75) is 25.4 Å². The highest BCUT2D eigenvalue weighted by atomic mass is 16.1. The Morgan fingerprint density at radius 1 is 1.73 bits per heavy atom. The van der Waals surface area contributed by atoms with E-state index in [-0.39, 0.29) is 11.7 Å². The van der Waals surface area contributed by atoms with Crippen LogP contribution in [0.15, 0.2) is 4.79 Å². The average Bonchev–Trinajstić information content (AvgIpc) is 2.33. The Balaban J connectivity index is 2.45. The molecule has 0 radical (unpaired) electrons. The fourth-order valence-electron chi connectivity index (χ4n) is 1.37. The van der Waals surface area contributed by atoms with E-state index in [1.807, 2.05) is 0 Å². The molecule has 0 saturated heterocycles. The van der Waals surface area contributed by atoms with Crippen molar-refractivity contribution in [2.75, 3.05) is 0 Å². The largest absolute Gasteiger partial charge is 0.343 e. The standard InChI is InChI=1S/C6H10N4O/c7-4-1-2-5-8-9-6(11)10(5)3-4/h4H,1-3,7H2,(H,9,11). The first-order chi connectivity index (χ1) is 5.27. The second-order valence-electron chi connectivity index (χ2n) is 2.85. The molecular weight excluding hydrogens is 144 g/mol. The van der Waals surface area contributed by atoms with Crippen molar-refractivity contribution in [1.29, 1.82) is 0 Å². The number of hydrogen-bond acceptors (Lipinski definition) is 3. The van der Waals surface area contributed by atoms with Gasteiger partial charge in [-0.05, 0) is 6.42 Å². The lowest BCUT2D eigenvalue weighted by Crippen LogP contribution is -2.36. The molecule has 5 nitrogen and oxygen atoms in total. The molecule has 0 bridgehead atoms. The Morgan fingerprint density at radius 2 is 2.55 bits per heavy atom. The molecule has 2 rings (SSSR count). The van der Waals surface area contributed by atoms with Crippen molar-refractivity contribution in [1.82, 2.24) is 14.8 Å². The number of hydrogen-bond donors (Lipinski definition) is 2. The van der Waals surface area contributed by atoms with Gasteiger partial charge in [0.2, 0.25) is 0 Å². The molecule has 1 aromatic heterocycles. The molecule has 1 aliphatic rings. The van der Waals surface area contributed by atoms with Gasteiger partial charge in [-0.15, -0.1) is 0 Å². The van der Waals surface area contributed by atoms with E-state index < -0.39 is 0 Å². The molecule has 11 heavy (non-hydrogen) atoms. The third-order valence-electron chi connectivity index (χ3n) is 1.99. The molecule has 60 valence electrons. The van der Waals surface area contributed by atoms with Crippen LogP contribution in [0.3, 0.4) is 0 Å². The predicted octanol–water partition coefficient (Wildman–Crippen LogP) is -1.16. The maximum absolute atomic E-state index is 11.0. The number of aromatic amines is 1. The molecule has 0 saturated carbocycles. The van der Waals surface area contributed by atoms with Crippen LogP contribution in [-0.2, 0) is 13.0 Å². The lowest BCUT2D eigenvalue weighted by Gasteiger charge is -2.17. The summed E-state index contributed by atoms with van der Waals surface area (Å²) >= 11 is 0. The summed E-state index contributed by atoms with van der Waals surface area (Å²) in [6.45, 7) is 0.602. The number of fused-ring (bicyclic) bond motifs is 1. The van der Waals surface area contributed by atoms with Crippen molar-refractivity contribution >= 4 is 0 Å². The zero-order valence-corrected chi connectivity index (χ0v) is 6.08. The van der Waals surface area contributed by atoms with E-state index in [0.717, 1.165) is 18.7 Å². The Hall–Kier alpha value is -1.10. The minimum Gasteiger partial charge on any atom is -0.326 e. The summed E-state index contributed by atoms with van der Waals surface area (Å²) in [6.07, 6.45) is 1.73. The molecule has 0 aliphatic carbocycles. The summed E-state index contributed by atoms with van der Waals surface area (Å²) in [5, 5.41) is 6.26. The molecule has 1 aromatic rings. The second-order valence-corrected chi connectivity index (χ2v) is 2.85. The van der Waals surface area contributed by atoms with Gasteiger partial charge >= 0.3 is 5.69 Å². The Labute approximate surface area is 63.2 Å². The number of H-pyrrole nitrogens is 1. The predicted molar refractivity (Wildman–Crippen MR) is 39.1 cm³/mol. The average molecular weight is 154 g/mol. The third-order valence-corrected chi connectivity index (χ3v) is 1.99. The molecule has 5 heteroatoms. The highest BCUT2D eigenvalue weighted by Crippen LogP contribution is 2.07. The van der Waals surface area contributed by atoms with Crippen LogP contribution < -0.4 is 11.4 Å². The first-order valence-corrected chi connectivity index (χ1v) is 3.67. The van der Waals surface area contributed by atoms with Crippen LogP contribution in [0.2, 0.25) is 0 Å². The van der Waals surface area contributed by atoms with E-state index in [1.165, 1.54) is 0 Å². The van der Waals surface area contributed by atoms with E-state index in [4.69, 9.17) is 5.73 Å². The van der Waals surface area contributed by atoms with Gasteiger partial charge in [-0.2, -0.15) is 5.10 Å². The van der Waals surface area contributed by atoms with Crippen LogP contribution in [0.4, 0.5) is 0 Å². The van der Waals surface area contributed by atoms with Gasteiger partial charge < -0.3 is 5.73 Å². The summed E-state index contributed by atoms with van der Waals surface area (Å²) in [6, 6.07) is 0.109. The lowest BCUT2D eigenvalue weighted by molar-refractivity contribution is 0.446. The number of nitrogens with zero attached hydrogens (tertiary/aromatic N) is 2. The minimum absolute atomic E-state index is 0.109. The SMILES string of the molecule is NC1CCc2n[nH]c(=O)n2C1. The van der Waals surface area contributed by atoms with E-state index in [9.17, 15) is 4.79 Å². The van der Waals surface area contributed by atoms with Gasteiger partial charge in [-0.25, -0.2) is 9.89 Å². The van der Waals surface area contributed by atoms with Crippen LogP contribution in [0.1, 0.15) is 12.2 Å². The third kappa shape index (κ3) is 0.970. The highest BCUT2D eigenvalue weighted by molar-refractivity contribution is 4.92. The number of aryl methyl sites for hydroxylation is 1. The number of nitrogens with one attached hydrogen (secondary N) is 1. The molecule has 0 spiro atoms. The maximum atomic E-state index is 11.0. The zero-order valence-electron chi connectivity index (χ0n) is 6.08. The fraction of sp³-hybridized carbons (Fsp3) is 0.667. The van der Waals surface area contributed by atoms with Crippen molar-refractivity contribution in [3.05, 3.63) is 16.3 Å².